The predicted molar refractivity (Wildman–Crippen MR) is 67.2 cm³/mol. The monoisotopic (exact) mass is 223 g/mol. The number of ether oxygens (including phenoxy) is 1. The van der Waals surface area contributed by atoms with Crippen molar-refractivity contribution < 1.29 is 4.74 Å². The number of pyridine rings is 1. The van der Waals surface area contributed by atoms with Crippen molar-refractivity contribution in [2.24, 2.45) is 0 Å². The van der Waals surface area contributed by atoms with Gasteiger partial charge < -0.3 is 15.4 Å². The molecule has 0 aliphatic heterocycles. The van der Waals surface area contributed by atoms with Crippen molar-refractivity contribution in [2.45, 2.75) is 20.3 Å². The first kappa shape index (κ1) is 12.8. The highest BCUT2D eigenvalue weighted by atomic mass is 16.5. The van der Waals surface area contributed by atoms with Crippen LogP contribution in [0.2, 0.25) is 0 Å². The largest absolute Gasteiger partial charge is 0.493 e. The van der Waals surface area contributed by atoms with Crippen LogP contribution in [0.3, 0.4) is 0 Å². The Labute approximate surface area is 97.4 Å². The fraction of sp³-hybridized carbons (Fsp3) is 0.583. The van der Waals surface area contributed by atoms with Crippen LogP contribution in [-0.4, -0.2) is 31.7 Å². The van der Waals surface area contributed by atoms with Gasteiger partial charge in [0.1, 0.15) is 0 Å². The quantitative estimate of drug-likeness (QED) is 0.692. The van der Waals surface area contributed by atoms with Crippen molar-refractivity contribution in [3.63, 3.8) is 0 Å². The molecule has 0 bridgehead atoms. The molecule has 0 unspecified atom stereocenters. The Kier molecular flexibility index (Phi) is 5.64. The van der Waals surface area contributed by atoms with Gasteiger partial charge in [-0.2, -0.15) is 0 Å². The van der Waals surface area contributed by atoms with Crippen LogP contribution >= 0.6 is 0 Å². The highest BCUT2D eigenvalue weighted by molar-refractivity contribution is 5.55. The van der Waals surface area contributed by atoms with Gasteiger partial charge >= 0.3 is 0 Å². The van der Waals surface area contributed by atoms with Gasteiger partial charge in [-0.25, -0.2) is 0 Å². The summed E-state index contributed by atoms with van der Waals surface area (Å²) in [4.78, 5) is 4.19. The molecule has 0 radical (unpaired) electrons. The van der Waals surface area contributed by atoms with Crippen LogP contribution in [0, 0.1) is 6.92 Å². The molecule has 0 aliphatic carbocycles. The van der Waals surface area contributed by atoms with Gasteiger partial charge in [-0.3, -0.25) is 4.98 Å². The summed E-state index contributed by atoms with van der Waals surface area (Å²) in [6, 6.07) is 2.00. The summed E-state index contributed by atoms with van der Waals surface area (Å²) < 4.78 is 5.23. The molecule has 0 atom stereocenters. The zero-order valence-electron chi connectivity index (χ0n) is 10.3. The summed E-state index contributed by atoms with van der Waals surface area (Å²) in [6.45, 7) is 7.04. The molecule has 1 heterocycles. The van der Waals surface area contributed by atoms with Gasteiger partial charge in [-0.05, 0) is 26.0 Å². The molecule has 0 fully saturated rings. The van der Waals surface area contributed by atoms with Crippen LogP contribution < -0.4 is 15.4 Å². The van der Waals surface area contributed by atoms with Crippen LogP contribution in [0.1, 0.15) is 19.0 Å². The minimum absolute atomic E-state index is 0.793. The van der Waals surface area contributed by atoms with Gasteiger partial charge in [0.15, 0.2) is 5.75 Å². The maximum atomic E-state index is 5.23. The smallest absolute Gasteiger partial charge is 0.160 e. The number of hydrogen-bond donors (Lipinski definition) is 2. The zero-order valence-corrected chi connectivity index (χ0v) is 10.3. The second kappa shape index (κ2) is 7.06. The number of nitrogens with one attached hydrogen (secondary N) is 2. The number of anilines is 1. The minimum atomic E-state index is 0.793. The van der Waals surface area contributed by atoms with Gasteiger partial charge in [0.05, 0.1) is 19.0 Å². The highest BCUT2D eigenvalue weighted by Gasteiger charge is 2.02. The first-order valence-corrected chi connectivity index (χ1v) is 5.73. The average molecular weight is 223 g/mol. The first-order valence-electron chi connectivity index (χ1n) is 5.73. The molecule has 0 saturated carbocycles. The van der Waals surface area contributed by atoms with E-state index in [0.29, 0.717) is 0 Å². The Morgan fingerprint density at radius 2 is 2.12 bits per heavy atom. The van der Waals surface area contributed by atoms with Gasteiger partial charge in [-0.1, -0.05) is 6.92 Å². The molecule has 4 nitrogen and oxygen atoms in total. The second-order valence-corrected chi connectivity index (χ2v) is 3.70. The Hall–Kier alpha value is -1.29. The van der Waals surface area contributed by atoms with E-state index in [1.807, 2.05) is 13.0 Å². The molecule has 1 rings (SSSR count). The Morgan fingerprint density at radius 3 is 2.81 bits per heavy atom. The first-order chi connectivity index (χ1) is 7.77. The molecule has 0 saturated heterocycles. The van der Waals surface area contributed by atoms with E-state index >= 15 is 0 Å². The van der Waals surface area contributed by atoms with Crippen molar-refractivity contribution in [3.8, 4) is 5.75 Å². The number of aromatic nitrogens is 1. The predicted octanol–water partition coefficient (Wildman–Crippen LogP) is 1.81. The van der Waals surface area contributed by atoms with Crippen molar-refractivity contribution in [1.82, 2.24) is 10.3 Å². The third kappa shape index (κ3) is 4.06. The molecule has 1 aromatic rings. The molecule has 0 aliphatic rings. The van der Waals surface area contributed by atoms with Crippen LogP contribution in [0.4, 0.5) is 5.69 Å². The zero-order chi connectivity index (χ0) is 11.8. The number of hydrogen-bond acceptors (Lipinski definition) is 4. The van der Waals surface area contributed by atoms with E-state index in [4.69, 9.17) is 4.74 Å². The third-order valence-corrected chi connectivity index (χ3v) is 2.27. The van der Waals surface area contributed by atoms with Crippen LogP contribution in [-0.2, 0) is 0 Å². The Bertz CT molecular complexity index is 315. The Balaban J connectivity index is 2.42. The molecule has 90 valence electrons. The number of rotatable bonds is 7. The Morgan fingerprint density at radius 1 is 1.31 bits per heavy atom. The summed E-state index contributed by atoms with van der Waals surface area (Å²) in [6.07, 6.45) is 2.91. The van der Waals surface area contributed by atoms with E-state index < -0.39 is 0 Å². The molecule has 16 heavy (non-hydrogen) atoms. The lowest BCUT2D eigenvalue weighted by Gasteiger charge is -2.11. The van der Waals surface area contributed by atoms with Crippen molar-refractivity contribution in [3.05, 3.63) is 18.0 Å². The van der Waals surface area contributed by atoms with E-state index in [-0.39, 0.29) is 0 Å². The number of aryl methyl sites for hydroxylation is 1. The fourth-order valence-electron chi connectivity index (χ4n) is 1.44. The van der Waals surface area contributed by atoms with Crippen LogP contribution in [0.5, 0.6) is 5.75 Å². The lowest BCUT2D eigenvalue weighted by atomic mass is 10.3. The highest BCUT2D eigenvalue weighted by Crippen LogP contribution is 2.22. The van der Waals surface area contributed by atoms with Gasteiger partial charge in [0.25, 0.3) is 0 Å². The van der Waals surface area contributed by atoms with E-state index in [9.17, 15) is 0 Å². The molecule has 4 heteroatoms. The average Bonchev–Trinajstić information content (AvgIpc) is 2.29. The molecule has 0 aromatic carbocycles. The molecule has 0 amide bonds. The van der Waals surface area contributed by atoms with Crippen molar-refractivity contribution in [1.29, 1.82) is 0 Å². The maximum Gasteiger partial charge on any atom is 0.160 e. The minimum Gasteiger partial charge on any atom is -0.493 e. The summed E-state index contributed by atoms with van der Waals surface area (Å²) in [5, 5.41) is 6.67. The van der Waals surface area contributed by atoms with E-state index in [0.717, 1.165) is 43.2 Å². The van der Waals surface area contributed by atoms with Gasteiger partial charge in [-0.15, -0.1) is 0 Å². The topological polar surface area (TPSA) is 46.2 Å². The SMILES string of the molecule is CCCNCCNc1cc(C)ncc1OC. The molecule has 1 aromatic heterocycles. The van der Waals surface area contributed by atoms with Crippen LogP contribution in [0.15, 0.2) is 12.3 Å². The summed E-state index contributed by atoms with van der Waals surface area (Å²) >= 11 is 0. The summed E-state index contributed by atoms with van der Waals surface area (Å²) in [7, 11) is 1.66. The van der Waals surface area contributed by atoms with Gasteiger partial charge in [0, 0.05) is 18.8 Å². The lowest BCUT2D eigenvalue weighted by molar-refractivity contribution is 0.414. The second-order valence-electron chi connectivity index (χ2n) is 3.70. The van der Waals surface area contributed by atoms with Gasteiger partial charge in [0.2, 0.25) is 0 Å². The molecule has 0 spiro atoms. The molecular weight excluding hydrogens is 202 g/mol. The molecular formula is C12H21N3O. The van der Waals surface area contributed by atoms with E-state index in [1.165, 1.54) is 0 Å². The van der Waals surface area contributed by atoms with E-state index in [2.05, 4.69) is 22.5 Å². The normalized spacial score (nSPS) is 10.2. The number of methoxy groups -OCH3 is 1. The molecule has 2 N–H and O–H groups in total. The van der Waals surface area contributed by atoms with Crippen LogP contribution in [0.25, 0.3) is 0 Å². The van der Waals surface area contributed by atoms with Crippen molar-refractivity contribution >= 4 is 5.69 Å². The maximum absolute atomic E-state index is 5.23. The number of nitrogens with zero attached hydrogens (tertiary/aromatic N) is 1. The third-order valence-electron chi connectivity index (χ3n) is 2.27. The van der Waals surface area contributed by atoms with Crippen molar-refractivity contribution in [2.75, 3.05) is 32.1 Å². The fourth-order valence-corrected chi connectivity index (χ4v) is 1.44. The standard InChI is InChI=1S/C12H21N3O/c1-4-5-13-6-7-14-11-8-10(2)15-9-12(11)16-3/h8-9,13H,4-7H2,1-3H3,(H,14,15). The summed E-state index contributed by atoms with van der Waals surface area (Å²) in [5.41, 5.74) is 2.00. The summed E-state index contributed by atoms with van der Waals surface area (Å²) in [5.74, 6) is 0.793. The lowest BCUT2D eigenvalue weighted by Crippen LogP contribution is -2.22. The van der Waals surface area contributed by atoms with E-state index in [1.54, 1.807) is 13.3 Å².